The monoisotopic (exact) mass is 440 g/mol. The van der Waals surface area contributed by atoms with Crippen molar-refractivity contribution in [1.82, 2.24) is 9.88 Å². The van der Waals surface area contributed by atoms with E-state index in [1.54, 1.807) is 30.0 Å². The number of nitrogens with zero attached hydrogens (tertiary/aromatic N) is 2. The molecule has 0 bridgehead atoms. The highest BCUT2D eigenvalue weighted by atomic mass is 35.5. The summed E-state index contributed by atoms with van der Waals surface area (Å²) in [6.45, 7) is 4.10. The number of aliphatic hydroxyl groups excluding tert-OH is 1. The number of ether oxygens (including phenoxy) is 2. The fraction of sp³-hybridized carbons (Fsp3) is 0.429. The molecule has 2 aromatic rings. The average molecular weight is 441 g/mol. The Morgan fingerprint density at radius 1 is 1.43 bits per heavy atom. The largest absolute Gasteiger partial charge is 0.486 e. The molecule has 0 amide bonds. The Morgan fingerprint density at radius 2 is 2.17 bits per heavy atom. The van der Waals surface area contributed by atoms with Gasteiger partial charge in [0.2, 0.25) is 0 Å². The zero-order chi connectivity index (χ0) is 22.1. The van der Waals surface area contributed by atoms with Crippen molar-refractivity contribution >= 4 is 17.6 Å². The first-order valence-corrected chi connectivity index (χ1v) is 9.89. The van der Waals surface area contributed by atoms with Crippen molar-refractivity contribution in [2.24, 2.45) is 0 Å². The maximum Gasteiger partial charge on any atom is 0.357 e. The minimum atomic E-state index is -2.97. The van der Waals surface area contributed by atoms with Crippen molar-refractivity contribution in [1.29, 1.82) is 0 Å². The van der Waals surface area contributed by atoms with Gasteiger partial charge in [-0.05, 0) is 37.6 Å². The Bertz CT molecular complexity index is 936. The number of esters is 1. The van der Waals surface area contributed by atoms with Crippen molar-refractivity contribution in [3.05, 3.63) is 57.9 Å². The van der Waals surface area contributed by atoms with E-state index in [0.29, 0.717) is 11.1 Å². The Kier molecular flexibility index (Phi) is 6.59. The van der Waals surface area contributed by atoms with E-state index < -0.39 is 24.7 Å². The summed E-state index contributed by atoms with van der Waals surface area (Å²) in [6.07, 6.45) is 0.522. The van der Waals surface area contributed by atoms with Crippen LogP contribution >= 0.6 is 11.6 Å². The number of pyridine rings is 1. The molecule has 162 valence electrons. The molecule has 6 nitrogen and oxygen atoms in total. The highest BCUT2D eigenvalue weighted by Crippen LogP contribution is 2.40. The van der Waals surface area contributed by atoms with E-state index in [-0.39, 0.29) is 35.7 Å². The summed E-state index contributed by atoms with van der Waals surface area (Å²) in [5, 5.41) is 11.0. The number of rotatable bonds is 7. The summed E-state index contributed by atoms with van der Waals surface area (Å²) in [7, 11) is 0. The van der Waals surface area contributed by atoms with Gasteiger partial charge in [0.25, 0.3) is 5.92 Å². The minimum Gasteiger partial charge on any atom is -0.486 e. The second kappa shape index (κ2) is 8.83. The highest BCUT2D eigenvalue weighted by Gasteiger charge is 2.36. The molecule has 2 atom stereocenters. The van der Waals surface area contributed by atoms with E-state index in [9.17, 15) is 18.7 Å². The molecule has 1 N–H and O–H groups in total. The number of benzene rings is 1. The first-order valence-electron chi connectivity index (χ1n) is 9.51. The van der Waals surface area contributed by atoms with E-state index in [4.69, 9.17) is 21.1 Å². The van der Waals surface area contributed by atoms with Crippen molar-refractivity contribution < 1.29 is 28.2 Å². The molecule has 9 heteroatoms. The second-order valence-electron chi connectivity index (χ2n) is 7.22. The van der Waals surface area contributed by atoms with E-state index >= 15 is 0 Å². The molecule has 3 rings (SSSR count). The fourth-order valence-electron chi connectivity index (χ4n) is 3.38. The highest BCUT2D eigenvalue weighted by molar-refractivity contribution is 6.32. The zero-order valence-electron chi connectivity index (χ0n) is 16.9. The maximum atomic E-state index is 13.0. The van der Waals surface area contributed by atoms with Gasteiger partial charge in [0.1, 0.15) is 12.0 Å². The normalized spacial score (nSPS) is 17.5. The van der Waals surface area contributed by atoms with Crippen LogP contribution in [0.15, 0.2) is 30.5 Å². The predicted molar refractivity (Wildman–Crippen MR) is 107 cm³/mol. The first kappa shape index (κ1) is 22.4. The Morgan fingerprint density at radius 3 is 2.80 bits per heavy atom. The number of alkyl halides is 2. The maximum absolute atomic E-state index is 13.0. The van der Waals surface area contributed by atoms with Crippen LogP contribution < -0.4 is 4.74 Å². The lowest BCUT2D eigenvalue weighted by atomic mass is 10.1. The lowest BCUT2D eigenvalue weighted by Crippen LogP contribution is -2.25. The number of aromatic nitrogens is 1. The second-order valence-corrected chi connectivity index (χ2v) is 7.63. The summed E-state index contributed by atoms with van der Waals surface area (Å²) in [6, 6.07) is 6.24. The van der Waals surface area contributed by atoms with Crippen LogP contribution in [0.1, 0.15) is 60.2 Å². The average Bonchev–Trinajstić information content (AvgIpc) is 3.02. The van der Waals surface area contributed by atoms with Crippen LogP contribution in [-0.2, 0) is 11.3 Å². The summed E-state index contributed by atoms with van der Waals surface area (Å²) in [4.78, 5) is 18.1. The van der Waals surface area contributed by atoms with Crippen LogP contribution in [0.5, 0.6) is 5.75 Å². The molecule has 0 spiro atoms. The molecular weight excluding hydrogens is 418 g/mol. The van der Waals surface area contributed by atoms with Crippen LogP contribution in [-0.4, -0.2) is 40.1 Å². The number of aliphatic hydroxyl groups is 1. The molecule has 2 unspecified atom stereocenters. The zero-order valence-corrected chi connectivity index (χ0v) is 17.6. The molecule has 0 saturated heterocycles. The van der Waals surface area contributed by atoms with E-state index in [1.807, 2.05) is 6.92 Å². The molecule has 1 aliphatic heterocycles. The lowest BCUT2D eigenvalue weighted by Gasteiger charge is -2.28. The van der Waals surface area contributed by atoms with E-state index in [1.165, 1.54) is 12.3 Å². The molecule has 0 radical (unpaired) electrons. The number of hydrogen-bond donors (Lipinski definition) is 1. The van der Waals surface area contributed by atoms with Gasteiger partial charge >= 0.3 is 5.97 Å². The quantitative estimate of drug-likeness (QED) is 0.638. The SMILES string of the molecule is CCOC(=O)c1nccc2c1CN(C(C)c1ccc(OCC(C)(F)F)c(Cl)c1)C2O. The van der Waals surface area contributed by atoms with E-state index in [2.05, 4.69) is 4.98 Å². The van der Waals surface area contributed by atoms with Gasteiger partial charge in [-0.2, -0.15) is 0 Å². The van der Waals surface area contributed by atoms with Gasteiger partial charge in [0, 0.05) is 36.8 Å². The Labute approximate surface area is 178 Å². The smallest absolute Gasteiger partial charge is 0.357 e. The third-order valence-electron chi connectivity index (χ3n) is 4.91. The number of fused-ring (bicyclic) bond motifs is 1. The topological polar surface area (TPSA) is 71.9 Å². The van der Waals surface area contributed by atoms with Crippen molar-refractivity contribution in [3.63, 3.8) is 0 Å². The van der Waals surface area contributed by atoms with Crippen LogP contribution in [0.2, 0.25) is 5.02 Å². The molecule has 30 heavy (non-hydrogen) atoms. The molecule has 0 fully saturated rings. The standard InChI is InChI=1S/C21H23ClF2N2O4/c1-4-29-20(28)18-15-10-26(19(27)14(15)7-8-25-18)12(2)13-5-6-17(16(22)9-13)30-11-21(3,23)24/h5-9,12,19,27H,4,10-11H2,1-3H3. The van der Waals surface area contributed by atoms with Gasteiger partial charge in [0.05, 0.1) is 11.6 Å². The number of hydrogen-bond acceptors (Lipinski definition) is 6. The lowest BCUT2D eigenvalue weighted by molar-refractivity contribution is -0.0230. The first-order chi connectivity index (χ1) is 14.1. The summed E-state index contributed by atoms with van der Waals surface area (Å²) < 4.78 is 36.2. The van der Waals surface area contributed by atoms with E-state index in [0.717, 1.165) is 12.5 Å². The van der Waals surface area contributed by atoms with Gasteiger partial charge in [-0.3, -0.25) is 4.90 Å². The number of halogens is 3. The van der Waals surface area contributed by atoms with Crippen molar-refractivity contribution in [3.8, 4) is 5.75 Å². The molecule has 0 aliphatic carbocycles. The molecule has 0 saturated carbocycles. The molecule has 1 aliphatic rings. The Hall–Kier alpha value is -2.29. The summed E-state index contributed by atoms with van der Waals surface area (Å²) in [5.74, 6) is -3.34. The van der Waals surface area contributed by atoms with Crippen molar-refractivity contribution in [2.45, 2.75) is 45.5 Å². The van der Waals surface area contributed by atoms with Crippen LogP contribution in [0.4, 0.5) is 8.78 Å². The third-order valence-corrected chi connectivity index (χ3v) is 5.21. The van der Waals surface area contributed by atoms with Crippen LogP contribution in [0.25, 0.3) is 0 Å². The summed E-state index contributed by atoms with van der Waals surface area (Å²) >= 11 is 6.21. The van der Waals surface area contributed by atoms with Gasteiger partial charge in [0.15, 0.2) is 12.3 Å². The van der Waals surface area contributed by atoms with Gasteiger partial charge < -0.3 is 14.6 Å². The molecule has 1 aromatic heterocycles. The Balaban J connectivity index is 1.80. The number of carbonyl (C=O) groups excluding carboxylic acids is 1. The third kappa shape index (κ3) is 4.71. The van der Waals surface area contributed by atoms with Gasteiger partial charge in [-0.1, -0.05) is 17.7 Å². The minimum absolute atomic E-state index is 0.160. The fourth-order valence-corrected chi connectivity index (χ4v) is 3.62. The van der Waals surface area contributed by atoms with Gasteiger partial charge in [-0.15, -0.1) is 0 Å². The summed E-state index contributed by atoms with van der Waals surface area (Å²) in [5.41, 5.74) is 2.15. The van der Waals surface area contributed by atoms with Crippen molar-refractivity contribution in [2.75, 3.05) is 13.2 Å². The molecule has 1 aromatic carbocycles. The predicted octanol–water partition coefficient (Wildman–Crippen LogP) is 4.51. The molecular formula is C21H23ClF2N2O4. The molecule has 2 heterocycles. The number of carbonyl (C=O) groups is 1. The van der Waals surface area contributed by atoms with Crippen LogP contribution in [0, 0.1) is 0 Å². The van der Waals surface area contributed by atoms with Crippen LogP contribution in [0.3, 0.4) is 0 Å². The van der Waals surface area contributed by atoms with Gasteiger partial charge in [-0.25, -0.2) is 18.6 Å².